The van der Waals surface area contributed by atoms with Crippen molar-refractivity contribution >= 4 is 15.9 Å². The molecule has 0 unspecified atom stereocenters. The second kappa shape index (κ2) is 5.29. The van der Waals surface area contributed by atoms with E-state index >= 15 is 0 Å². The van der Waals surface area contributed by atoms with Gasteiger partial charge in [0, 0.05) is 12.6 Å². The van der Waals surface area contributed by atoms with E-state index in [0.717, 1.165) is 22.3 Å². The van der Waals surface area contributed by atoms with Gasteiger partial charge in [-0.1, -0.05) is 6.92 Å². The summed E-state index contributed by atoms with van der Waals surface area (Å²) in [7, 11) is 1.93. The Labute approximate surface area is 105 Å². The van der Waals surface area contributed by atoms with Gasteiger partial charge >= 0.3 is 0 Å². The molecule has 0 saturated heterocycles. The first kappa shape index (κ1) is 13.7. The maximum Gasteiger partial charge on any atom is 0.0897 e. The highest BCUT2D eigenvalue weighted by molar-refractivity contribution is 9.10. The molecule has 1 rings (SSSR count). The Kier molecular flexibility index (Phi) is 4.52. The summed E-state index contributed by atoms with van der Waals surface area (Å²) in [5, 5.41) is 4.40. The first-order valence-electron chi connectivity index (χ1n) is 5.42. The van der Waals surface area contributed by atoms with E-state index in [1.807, 2.05) is 25.6 Å². The van der Waals surface area contributed by atoms with Gasteiger partial charge in [0.2, 0.25) is 0 Å². The Morgan fingerprint density at radius 2 is 2.12 bits per heavy atom. The smallest absolute Gasteiger partial charge is 0.0897 e. The lowest BCUT2D eigenvalue weighted by atomic mass is 10.1. The fourth-order valence-corrected chi connectivity index (χ4v) is 2.12. The van der Waals surface area contributed by atoms with Crippen molar-refractivity contribution in [3.63, 3.8) is 0 Å². The van der Waals surface area contributed by atoms with Gasteiger partial charge in [0.1, 0.15) is 0 Å². The molecule has 0 atom stereocenters. The molecule has 0 aliphatic carbocycles. The monoisotopic (exact) mass is 289 g/mol. The number of nitrogens with zero attached hydrogens (tertiary/aromatic N) is 2. The van der Waals surface area contributed by atoms with Crippen molar-refractivity contribution in [3.05, 3.63) is 15.9 Å². The summed E-state index contributed by atoms with van der Waals surface area (Å²) in [6.45, 7) is 7.04. The number of ether oxygens (including phenoxy) is 1. The minimum atomic E-state index is -0.293. The first-order valence-corrected chi connectivity index (χ1v) is 6.21. The number of hydrogen-bond acceptors (Lipinski definition) is 3. The summed E-state index contributed by atoms with van der Waals surface area (Å²) < 4.78 is 8.49. The Hall–Kier alpha value is -0.390. The maximum atomic E-state index is 5.85. The van der Waals surface area contributed by atoms with E-state index in [4.69, 9.17) is 10.5 Å². The molecule has 0 spiro atoms. The van der Waals surface area contributed by atoms with Crippen LogP contribution in [0.4, 0.5) is 0 Å². The fourth-order valence-electron chi connectivity index (χ4n) is 1.39. The molecule has 92 valence electrons. The van der Waals surface area contributed by atoms with Crippen molar-refractivity contribution < 1.29 is 4.74 Å². The molecule has 0 aliphatic heterocycles. The number of aromatic nitrogens is 2. The topological polar surface area (TPSA) is 53.1 Å². The summed E-state index contributed by atoms with van der Waals surface area (Å²) in [5.41, 5.74) is 7.67. The molecule has 1 aromatic rings. The fraction of sp³-hybridized carbons (Fsp3) is 0.727. The van der Waals surface area contributed by atoms with Crippen molar-refractivity contribution in [3.8, 4) is 0 Å². The number of halogens is 1. The molecule has 1 aromatic heterocycles. The molecule has 2 N–H and O–H groups in total. The van der Waals surface area contributed by atoms with Gasteiger partial charge in [0.05, 0.1) is 29.1 Å². The zero-order chi connectivity index (χ0) is 12.3. The van der Waals surface area contributed by atoms with Gasteiger partial charge in [0.15, 0.2) is 0 Å². The highest BCUT2D eigenvalue weighted by Crippen LogP contribution is 2.22. The molecule has 0 amide bonds. The van der Waals surface area contributed by atoms with Gasteiger partial charge < -0.3 is 10.5 Å². The van der Waals surface area contributed by atoms with Crippen LogP contribution in [0, 0.1) is 0 Å². The van der Waals surface area contributed by atoms with E-state index < -0.39 is 0 Å². The normalized spacial score (nSPS) is 12.1. The third-order valence-corrected chi connectivity index (χ3v) is 3.13. The number of aryl methyl sites for hydroxylation is 2. The molecule has 0 bridgehead atoms. The molecule has 4 nitrogen and oxygen atoms in total. The summed E-state index contributed by atoms with van der Waals surface area (Å²) in [5.74, 6) is 0. The quantitative estimate of drug-likeness (QED) is 0.902. The predicted octanol–water partition coefficient (Wildman–Crippen LogP) is 2.00. The van der Waals surface area contributed by atoms with Crippen molar-refractivity contribution in [2.24, 2.45) is 12.8 Å². The van der Waals surface area contributed by atoms with Crippen LogP contribution >= 0.6 is 15.9 Å². The van der Waals surface area contributed by atoms with Gasteiger partial charge in [-0.15, -0.1) is 0 Å². The zero-order valence-corrected chi connectivity index (χ0v) is 12.0. The number of hydrogen-bond donors (Lipinski definition) is 1. The van der Waals surface area contributed by atoms with E-state index in [0.29, 0.717) is 13.2 Å². The Balaban J connectivity index is 2.64. The van der Waals surface area contributed by atoms with Gasteiger partial charge in [-0.05, 0) is 36.2 Å². The third kappa shape index (κ3) is 3.57. The minimum absolute atomic E-state index is 0.293. The molecule has 0 fully saturated rings. The van der Waals surface area contributed by atoms with Crippen LogP contribution in [0.15, 0.2) is 4.47 Å². The molecule has 0 aromatic carbocycles. The first-order chi connectivity index (χ1) is 7.35. The minimum Gasteiger partial charge on any atom is -0.373 e. The Morgan fingerprint density at radius 1 is 1.50 bits per heavy atom. The van der Waals surface area contributed by atoms with Gasteiger partial charge in [0.25, 0.3) is 0 Å². The number of rotatable bonds is 5. The highest BCUT2D eigenvalue weighted by Gasteiger charge is 2.15. The molecular formula is C11H20BrN3O. The van der Waals surface area contributed by atoms with E-state index in [1.165, 1.54) is 0 Å². The zero-order valence-electron chi connectivity index (χ0n) is 10.4. The molecule has 1 heterocycles. The second-order valence-corrected chi connectivity index (χ2v) is 5.46. The van der Waals surface area contributed by atoms with Crippen LogP contribution < -0.4 is 5.73 Å². The SMILES string of the molecule is CCc1nn(C)c(COCC(C)(C)N)c1Br. The van der Waals surface area contributed by atoms with Crippen molar-refractivity contribution in [2.45, 2.75) is 39.3 Å². The largest absolute Gasteiger partial charge is 0.373 e. The average Bonchev–Trinajstić information content (AvgIpc) is 2.42. The van der Waals surface area contributed by atoms with Crippen LogP contribution in [0.2, 0.25) is 0 Å². The van der Waals surface area contributed by atoms with E-state index in [2.05, 4.69) is 28.0 Å². The van der Waals surface area contributed by atoms with E-state index in [-0.39, 0.29) is 5.54 Å². The van der Waals surface area contributed by atoms with Crippen LogP contribution in [0.5, 0.6) is 0 Å². The van der Waals surface area contributed by atoms with Crippen molar-refractivity contribution in [2.75, 3.05) is 6.61 Å². The summed E-state index contributed by atoms with van der Waals surface area (Å²) in [4.78, 5) is 0. The predicted molar refractivity (Wildman–Crippen MR) is 68.2 cm³/mol. The molecule has 0 saturated carbocycles. The summed E-state index contributed by atoms with van der Waals surface area (Å²) in [6, 6.07) is 0. The third-order valence-electron chi connectivity index (χ3n) is 2.22. The van der Waals surface area contributed by atoms with Crippen LogP contribution in [0.3, 0.4) is 0 Å². The highest BCUT2D eigenvalue weighted by atomic mass is 79.9. The Morgan fingerprint density at radius 3 is 2.56 bits per heavy atom. The molecular weight excluding hydrogens is 270 g/mol. The lowest BCUT2D eigenvalue weighted by molar-refractivity contribution is 0.0806. The molecule has 0 aliphatic rings. The summed E-state index contributed by atoms with van der Waals surface area (Å²) in [6.07, 6.45) is 0.913. The average molecular weight is 290 g/mol. The molecule has 16 heavy (non-hydrogen) atoms. The van der Waals surface area contributed by atoms with Crippen LogP contribution in [0.1, 0.15) is 32.2 Å². The maximum absolute atomic E-state index is 5.85. The van der Waals surface area contributed by atoms with Crippen molar-refractivity contribution in [1.82, 2.24) is 9.78 Å². The van der Waals surface area contributed by atoms with Crippen LogP contribution in [-0.2, 0) is 24.8 Å². The second-order valence-electron chi connectivity index (χ2n) is 4.67. The Bertz CT molecular complexity index is 355. The van der Waals surface area contributed by atoms with Gasteiger partial charge in [-0.25, -0.2) is 0 Å². The standard InChI is InChI=1S/C11H20BrN3O/c1-5-8-10(12)9(15(4)14-8)6-16-7-11(2,3)13/h5-7,13H2,1-4H3. The van der Waals surface area contributed by atoms with E-state index in [9.17, 15) is 0 Å². The molecule has 5 heteroatoms. The lowest BCUT2D eigenvalue weighted by Gasteiger charge is -2.18. The summed E-state index contributed by atoms with van der Waals surface area (Å²) >= 11 is 3.55. The lowest BCUT2D eigenvalue weighted by Crippen LogP contribution is -2.37. The van der Waals surface area contributed by atoms with Crippen LogP contribution in [-0.4, -0.2) is 21.9 Å². The number of nitrogens with two attached hydrogens (primary N) is 1. The van der Waals surface area contributed by atoms with Gasteiger partial charge in [-0.3, -0.25) is 4.68 Å². The van der Waals surface area contributed by atoms with Crippen LogP contribution in [0.25, 0.3) is 0 Å². The van der Waals surface area contributed by atoms with Gasteiger partial charge in [-0.2, -0.15) is 5.10 Å². The van der Waals surface area contributed by atoms with E-state index in [1.54, 1.807) is 0 Å². The molecule has 0 radical (unpaired) electrons. The van der Waals surface area contributed by atoms with Crippen molar-refractivity contribution in [1.29, 1.82) is 0 Å².